The monoisotopic (exact) mass is 349 g/mol. The van der Waals surface area contributed by atoms with E-state index in [0.29, 0.717) is 5.13 Å². The number of imidazole rings is 1. The van der Waals surface area contributed by atoms with E-state index in [1.165, 1.54) is 16.9 Å². The lowest BCUT2D eigenvalue weighted by Gasteiger charge is -2.08. The molecule has 3 rings (SSSR count). The highest BCUT2D eigenvalue weighted by Crippen LogP contribution is 2.13. The van der Waals surface area contributed by atoms with Crippen LogP contribution in [0.15, 0.2) is 48.9 Å². The molecule has 0 aliphatic heterocycles. The van der Waals surface area contributed by atoms with Crippen LogP contribution in [0.5, 0.6) is 0 Å². The summed E-state index contributed by atoms with van der Waals surface area (Å²) in [5.74, 6) is 1.10. The van der Waals surface area contributed by atoms with Gasteiger partial charge in [0.25, 0.3) is 0 Å². The zero-order chi connectivity index (χ0) is 15.2. The van der Waals surface area contributed by atoms with E-state index in [9.17, 15) is 0 Å². The number of nitrogens with zero attached hydrogens (tertiary/aromatic N) is 3. The van der Waals surface area contributed by atoms with E-state index in [-0.39, 0.29) is 12.4 Å². The quantitative estimate of drug-likeness (QED) is 0.643. The van der Waals surface area contributed by atoms with E-state index >= 15 is 0 Å². The molecule has 0 bridgehead atoms. The number of nitrogens with one attached hydrogen (secondary N) is 1. The predicted molar refractivity (Wildman–Crippen MR) is 97.0 cm³/mol. The Morgan fingerprint density at radius 3 is 2.74 bits per heavy atom. The van der Waals surface area contributed by atoms with Gasteiger partial charge in [0.05, 0.1) is 0 Å². The molecule has 0 aliphatic rings. The van der Waals surface area contributed by atoms with Gasteiger partial charge in [0.1, 0.15) is 5.82 Å². The minimum absolute atomic E-state index is 0. The van der Waals surface area contributed by atoms with Crippen LogP contribution in [0.25, 0.3) is 0 Å². The highest BCUT2D eigenvalue weighted by Gasteiger charge is 2.04. The molecule has 0 spiro atoms. The smallest absolute Gasteiger partial charge is 0.180 e. The summed E-state index contributed by atoms with van der Waals surface area (Å²) in [6.45, 7) is 2.54. The Hall–Kier alpha value is -1.89. The topological polar surface area (TPSA) is 68.8 Å². The lowest BCUT2D eigenvalue weighted by Crippen LogP contribution is -2.18. The van der Waals surface area contributed by atoms with Crippen LogP contribution >= 0.6 is 23.7 Å². The molecule has 23 heavy (non-hydrogen) atoms. The van der Waals surface area contributed by atoms with Gasteiger partial charge in [-0.1, -0.05) is 30.3 Å². The summed E-state index contributed by atoms with van der Waals surface area (Å²) in [5.41, 5.74) is 6.91. The van der Waals surface area contributed by atoms with Crippen LogP contribution in [-0.4, -0.2) is 21.1 Å². The third-order valence-electron chi connectivity index (χ3n) is 3.39. The molecule has 0 atom stereocenters. The van der Waals surface area contributed by atoms with Crippen molar-refractivity contribution in [2.24, 2.45) is 0 Å². The summed E-state index contributed by atoms with van der Waals surface area (Å²) < 4.78 is 2.20. The Kier molecular flexibility index (Phi) is 6.58. The molecule has 7 heteroatoms. The number of hydrogen-bond donors (Lipinski definition) is 2. The minimum Gasteiger partial charge on any atom is -0.375 e. The third kappa shape index (κ3) is 5.06. The van der Waals surface area contributed by atoms with Crippen molar-refractivity contribution in [3.05, 3.63) is 65.2 Å². The molecule has 2 heterocycles. The SMILES string of the molecule is Cl.Nc1ncc(CNCCc2nccn2Cc2ccccc2)s1. The number of hydrogen-bond acceptors (Lipinski definition) is 5. The van der Waals surface area contributed by atoms with Gasteiger partial charge in [0, 0.05) is 49.5 Å². The van der Waals surface area contributed by atoms with Crippen molar-refractivity contribution in [2.75, 3.05) is 12.3 Å². The van der Waals surface area contributed by atoms with Gasteiger partial charge in [-0.25, -0.2) is 9.97 Å². The maximum absolute atomic E-state index is 5.62. The molecule has 0 saturated heterocycles. The lowest BCUT2D eigenvalue weighted by atomic mass is 10.2. The van der Waals surface area contributed by atoms with Crippen LogP contribution in [0.2, 0.25) is 0 Å². The van der Waals surface area contributed by atoms with Crippen LogP contribution in [-0.2, 0) is 19.5 Å². The number of anilines is 1. The van der Waals surface area contributed by atoms with Crippen LogP contribution in [0, 0.1) is 0 Å². The van der Waals surface area contributed by atoms with E-state index in [0.717, 1.165) is 36.8 Å². The molecule has 5 nitrogen and oxygen atoms in total. The second-order valence-corrected chi connectivity index (χ2v) is 6.20. The van der Waals surface area contributed by atoms with Gasteiger partial charge in [-0.05, 0) is 5.56 Å². The van der Waals surface area contributed by atoms with Crippen molar-refractivity contribution in [2.45, 2.75) is 19.5 Å². The Morgan fingerprint density at radius 1 is 1.17 bits per heavy atom. The molecule has 1 aromatic carbocycles. The molecular formula is C16H20ClN5S. The fourth-order valence-electron chi connectivity index (χ4n) is 2.31. The van der Waals surface area contributed by atoms with E-state index in [2.05, 4.69) is 44.1 Å². The summed E-state index contributed by atoms with van der Waals surface area (Å²) in [5, 5.41) is 4.03. The number of nitrogens with two attached hydrogens (primary N) is 1. The van der Waals surface area contributed by atoms with Gasteiger partial charge in [0.2, 0.25) is 0 Å². The average molecular weight is 350 g/mol. The highest BCUT2D eigenvalue weighted by atomic mass is 35.5. The number of rotatable bonds is 7. The largest absolute Gasteiger partial charge is 0.375 e. The summed E-state index contributed by atoms with van der Waals surface area (Å²) >= 11 is 1.52. The van der Waals surface area contributed by atoms with Gasteiger partial charge in [-0.15, -0.1) is 23.7 Å². The molecule has 0 unspecified atom stereocenters. The van der Waals surface area contributed by atoms with Crippen LogP contribution in [0.1, 0.15) is 16.3 Å². The maximum atomic E-state index is 5.62. The molecule has 3 aromatic rings. The van der Waals surface area contributed by atoms with Gasteiger partial charge in [-0.3, -0.25) is 0 Å². The van der Waals surface area contributed by atoms with E-state index in [1.54, 1.807) is 0 Å². The van der Waals surface area contributed by atoms with Crippen LogP contribution in [0.4, 0.5) is 5.13 Å². The molecule has 0 aliphatic carbocycles. The molecule has 2 aromatic heterocycles. The third-order valence-corrected chi connectivity index (χ3v) is 4.22. The summed E-state index contributed by atoms with van der Waals surface area (Å²) in [4.78, 5) is 9.66. The molecule has 0 radical (unpaired) electrons. The normalized spacial score (nSPS) is 10.4. The second kappa shape index (κ2) is 8.67. The molecule has 3 N–H and O–H groups in total. The van der Waals surface area contributed by atoms with E-state index < -0.39 is 0 Å². The Bertz CT molecular complexity index is 710. The lowest BCUT2D eigenvalue weighted by molar-refractivity contribution is 0.644. The Morgan fingerprint density at radius 2 is 2.00 bits per heavy atom. The first-order valence-corrected chi connectivity index (χ1v) is 8.08. The van der Waals surface area contributed by atoms with Gasteiger partial charge in [-0.2, -0.15) is 0 Å². The van der Waals surface area contributed by atoms with E-state index in [4.69, 9.17) is 5.73 Å². The van der Waals surface area contributed by atoms with Crippen molar-refractivity contribution >= 4 is 28.9 Å². The van der Waals surface area contributed by atoms with Gasteiger partial charge in [0.15, 0.2) is 5.13 Å². The van der Waals surface area contributed by atoms with Gasteiger partial charge < -0.3 is 15.6 Å². The van der Waals surface area contributed by atoms with Crippen molar-refractivity contribution in [1.29, 1.82) is 0 Å². The van der Waals surface area contributed by atoms with Gasteiger partial charge >= 0.3 is 0 Å². The molecular weight excluding hydrogens is 330 g/mol. The number of aromatic nitrogens is 3. The Balaban J connectivity index is 0.00000192. The van der Waals surface area contributed by atoms with Crippen molar-refractivity contribution < 1.29 is 0 Å². The van der Waals surface area contributed by atoms with Crippen LogP contribution < -0.4 is 11.1 Å². The second-order valence-electron chi connectivity index (χ2n) is 5.05. The fourth-order valence-corrected chi connectivity index (χ4v) is 2.96. The highest BCUT2D eigenvalue weighted by molar-refractivity contribution is 7.15. The zero-order valence-electron chi connectivity index (χ0n) is 12.7. The predicted octanol–water partition coefficient (Wildman–Crippen LogP) is 2.72. The fraction of sp³-hybridized carbons (Fsp3) is 0.250. The summed E-state index contributed by atoms with van der Waals surface area (Å²) in [6, 6.07) is 10.4. The average Bonchev–Trinajstić information content (AvgIpc) is 3.14. The minimum atomic E-state index is 0. The number of thiazole rings is 1. The van der Waals surface area contributed by atoms with Crippen molar-refractivity contribution in [3.63, 3.8) is 0 Å². The summed E-state index contributed by atoms with van der Waals surface area (Å²) in [7, 11) is 0. The molecule has 0 saturated carbocycles. The van der Waals surface area contributed by atoms with E-state index in [1.807, 2.05) is 24.7 Å². The first kappa shape index (κ1) is 17.5. The first-order valence-electron chi connectivity index (χ1n) is 7.26. The number of nitrogen functional groups attached to an aromatic ring is 1. The molecule has 122 valence electrons. The molecule has 0 amide bonds. The summed E-state index contributed by atoms with van der Waals surface area (Å²) in [6.07, 6.45) is 6.62. The number of halogens is 1. The van der Waals surface area contributed by atoms with Crippen molar-refractivity contribution in [1.82, 2.24) is 19.9 Å². The first-order chi connectivity index (χ1) is 10.8. The standard InChI is InChI=1S/C16H19N5S.ClH/c17-16-20-11-14(22-16)10-18-7-6-15-19-8-9-21(15)12-13-4-2-1-3-5-13;/h1-5,8-9,11,18H,6-7,10,12H2,(H2,17,20);1H. The van der Waals surface area contributed by atoms with Crippen molar-refractivity contribution in [3.8, 4) is 0 Å². The van der Waals surface area contributed by atoms with Crippen LogP contribution in [0.3, 0.4) is 0 Å². The maximum Gasteiger partial charge on any atom is 0.180 e. The molecule has 0 fully saturated rings. The Labute approximate surface area is 146 Å². The number of benzene rings is 1. The zero-order valence-corrected chi connectivity index (χ0v) is 14.3.